The second kappa shape index (κ2) is 6.43. The van der Waals surface area contributed by atoms with Crippen LogP contribution in [0, 0.1) is 6.92 Å². The third-order valence-electron chi connectivity index (χ3n) is 3.36. The number of aryl methyl sites for hydroxylation is 1. The lowest BCUT2D eigenvalue weighted by atomic mass is 9.98. The minimum atomic E-state index is 0.346. The van der Waals surface area contributed by atoms with E-state index in [-0.39, 0.29) is 0 Å². The SMILES string of the molecule is CNC(Cc1ccccc1C)C1CSCCO1. The van der Waals surface area contributed by atoms with Gasteiger partial charge >= 0.3 is 0 Å². The minimum Gasteiger partial charge on any atom is -0.375 e. The molecule has 3 heteroatoms. The van der Waals surface area contributed by atoms with Crippen LogP contribution in [-0.4, -0.2) is 37.3 Å². The van der Waals surface area contributed by atoms with Crippen LogP contribution >= 0.6 is 11.8 Å². The highest BCUT2D eigenvalue weighted by Gasteiger charge is 2.23. The Labute approximate surface area is 108 Å². The molecule has 0 aromatic heterocycles. The Morgan fingerprint density at radius 2 is 2.29 bits per heavy atom. The van der Waals surface area contributed by atoms with Crippen molar-refractivity contribution in [2.24, 2.45) is 0 Å². The maximum absolute atomic E-state index is 5.86. The summed E-state index contributed by atoms with van der Waals surface area (Å²) in [5.74, 6) is 2.24. The van der Waals surface area contributed by atoms with E-state index < -0.39 is 0 Å². The molecule has 2 atom stereocenters. The van der Waals surface area contributed by atoms with Crippen LogP contribution in [0.15, 0.2) is 24.3 Å². The normalized spacial score (nSPS) is 22.4. The van der Waals surface area contributed by atoms with Crippen LogP contribution in [0.25, 0.3) is 0 Å². The zero-order valence-corrected chi connectivity index (χ0v) is 11.4. The van der Waals surface area contributed by atoms with E-state index in [0.717, 1.165) is 24.5 Å². The highest BCUT2D eigenvalue weighted by Crippen LogP contribution is 2.19. The maximum atomic E-state index is 5.86. The monoisotopic (exact) mass is 251 g/mol. The fourth-order valence-corrected chi connectivity index (χ4v) is 3.18. The standard InChI is InChI=1S/C14H21NOS/c1-11-5-3-4-6-12(11)9-13(15-2)14-10-17-8-7-16-14/h3-6,13-15H,7-10H2,1-2H3. The molecular formula is C14H21NOS. The van der Waals surface area contributed by atoms with Crippen LogP contribution in [0.5, 0.6) is 0 Å². The molecule has 2 rings (SSSR count). The second-order valence-corrected chi connectivity index (χ2v) is 5.66. The number of hydrogen-bond donors (Lipinski definition) is 1. The van der Waals surface area contributed by atoms with Crippen LogP contribution in [0.4, 0.5) is 0 Å². The highest BCUT2D eigenvalue weighted by molar-refractivity contribution is 7.99. The van der Waals surface area contributed by atoms with Crippen molar-refractivity contribution in [2.45, 2.75) is 25.5 Å². The van der Waals surface area contributed by atoms with Gasteiger partial charge in [-0.2, -0.15) is 11.8 Å². The molecule has 2 nitrogen and oxygen atoms in total. The van der Waals surface area contributed by atoms with Gasteiger partial charge in [0.05, 0.1) is 12.7 Å². The average molecular weight is 251 g/mol. The summed E-state index contributed by atoms with van der Waals surface area (Å²) >= 11 is 2.00. The molecule has 1 saturated heterocycles. The maximum Gasteiger partial charge on any atom is 0.0821 e. The van der Waals surface area contributed by atoms with Crippen LogP contribution < -0.4 is 5.32 Å². The number of nitrogens with one attached hydrogen (secondary N) is 1. The number of thioether (sulfide) groups is 1. The first-order valence-electron chi connectivity index (χ1n) is 6.22. The molecule has 1 aliphatic rings. The van der Waals surface area contributed by atoms with Crippen molar-refractivity contribution >= 4 is 11.8 Å². The average Bonchev–Trinajstić information content (AvgIpc) is 2.39. The summed E-state index contributed by atoms with van der Waals surface area (Å²) in [6, 6.07) is 9.03. The Bertz CT molecular complexity index is 350. The fraction of sp³-hybridized carbons (Fsp3) is 0.571. The Kier molecular flexibility index (Phi) is 4.89. The third kappa shape index (κ3) is 3.47. The van der Waals surface area contributed by atoms with Gasteiger partial charge in [-0.15, -0.1) is 0 Å². The van der Waals surface area contributed by atoms with Crippen molar-refractivity contribution < 1.29 is 4.74 Å². The van der Waals surface area contributed by atoms with Gasteiger partial charge in [-0.05, 0) is 31.5 Å². The summed E-state index contributed by atoms with van der Waals surface area (Å²) in [6.07, 6.45) is 1.40. The second-order valence-electron chi connectivity index (χ2n) is 4.51. The van der Waals surface area contributed by atoms with Crippen molar-refractivity contribution in [3.05, 3.63) is 35.4 Å². The summed E-state index contributed by atoms with van der Waals surface area (Å²) in [7, 11) is 2.03. The van der Waals surface area contributed by atoms with Gasteiger partial charge in [0.2, 0.25) is 0 Å². The highest BCUT2D eigenvalue weighted by atomic mass is 32.2. The summed E-state index contributed by atoms with van der Waals surface area (Å²) in [6.45, 7) is 3.07. The van der Waals surface area contributed by atoms with Crippen LogP contribution in [0.1, 0.15) is 11.1 Å². The van der Waals surface area contributed by atoms with Gasteiger partial charge in [0.25, 0.3) is 0 Å². The van der Waals surface area contributed by atoms with Gasteiger partial charge in [-0.1, -0.05) is 24.3 Å². The molecule has 2 unspecified atom stereocenters. The molecular weight excluding hydrogens is 230 g/mol. The van der Waals surface area contributed by atoms with Gasteiger partial charge in [0.1, 0.15) is 0 Å². The number of likely N-dealkylation sites (N-methyl/N-ethyl adjacent to an activating group) is 1. The van der Waals surface area contributed by atoms with Gasteiger partial charge in [-0.3, -0.25) is 0 Å². The van der Waals surface area contributed by atoms with E-state index in [1.165, 1.54) is 11.1 Å². The summed E-state index contributed by atoms with van der Waals surface area (Å²) in [4.78, 5) is 0. The molecule has 0 bridgehead atoms. The van der Waals surface area contributed by atoms with E-state index in [4.69, 9.17) is 4.74 Å². The topological polar surface area (TPSA) is 21.3 Å². The molecule has 17 heavy (non-hydrogen) atoms. The molecule has 0 aliphatic carbocycles. The fourth-order valence-electron chi connectivity index (χ4n) is 2.23. The molecule has 1 fully saturated rings. The zero-order valence-electron chi connectivity index (χ0n) is 10.6. The molecule has 94 valence electrons. The van der Waals surface area contributed by atoms with Crippen molar-refractivity contribution in [1.82, 2.24) is 5.32 Å². The summed E-state index contributed by atoms with van der Waals surface area (Å²) in [5.41, 5.74) is 2.79. The van der Waals surface area contributed by atoms with Gasteiger partial charge in [0, 0.05) is 17.5 Å². The van der Waals surface area contributed by atoms with Crippen LogP contribution in [-0.2, 0) is 11.2 Å². The van der Waals surface area contributed by atoms with E-state index in [9.17, 15) is 0 Å². The molecule has 1 aromatic rings. The van der Waals surface area contributed by atoms with Crippen molar-refractivity contribution in [3.63, 3.8) is 0 Å². The smallest absolute Gasteiger partial charge is 0.0821 e. The van der Waals surface area contributed by atoms with Crippen molar-refractivity contribution in [2.75, 3.05) is 25.2 Å². The Morgan fingerprint density at radius 1 is 1.47 bits per heavy atom. The number of rotatable bonds is 4. The lowest BCUT2D eigenvalue weighted by molar-refractivity contribution is 0.0492. The predicted octanol–water partition coefficient (Wildman–Crippen LogP) is 2.26. The molecule has 1 aromatic carbocycles. The molecule has 0 radical (unpaired) electrons. The van der Waals surface area contributed by atoms with E-state index in [2.05, 4.69) is 36.5 Å². The predicted molar refractivity (Wildman–Crippen MR) is 74.8 cm³/mol. The van der Waals surface area contributed by atoms with Crippen LogP contribution in [0.2, 0.25) is 0 Å². The lowest BCUT2D eigenvalue weighted by Gasteiger charge is -2.30. The molecule has 1 heterocycles. The van der Waals surface area contributed by atoms with E-state index in [1.54, 1.807) is 0 Å². The first kappa shape index (κ1) is 12.9. The van der Waals surface area contributed by atoms with E-state index in [0.29, 0.717) is 12.1 Å². The molecule has 0 spiro atoms. The van der Waals surface area contributed by atoms with Gasteiger partial charge in [-0.25, -0.2) is 0 Å². The van der Waals surface area contributed by atoms with Crippen molar-refractivity contribution in [3.8, 4) is 0 Å². The summed E-state index contributed by atoms with van der Waals surface area (Å²) < 4.78 is 5.86. The largest absolute Gasteiger partial charge is 0.375 e. The van der Waals surface area contributed by atoms with E-state index in [1.807, 2.05) is 18.8 Å². The Hall–Kier alpha value is -0.510. The number of ether oxygens (including phenoxy) is 1. The molecule has 0 saturated carbocycles. The first-order valence-corrected chi connectivity index (χ1v) is 7.38. The lowest BCUT2D eigenvalue weighted by Crippen LogP contribution is -2.44. The van der Waals surface area contributed by atoms with Gasteiger partial charge < -0.3 is 10.1 Å². The van der Waals surface area contributed by atoms with Crippen molar-refractivity contribution in [1.29, 1.82) is 0 Å². The molecule has 1 N–H and O–H groups in total. The summed E-state index contributed by atoms with van der Waals surface area (Å²) in [5, 5.41) is 3.41. The third-order valence-corrected chi connectivity index (χ3v) is 4.38. The van der Waals surface area contributed by atoms with Crippen LogP contribution in [0.3, 0.4) is 0 Å². The molecule has 1 aliphatic heterocycles. The zero-order chi connectivity index (χ0) is 12.1. The minimum absolute atomic E-state index is 0.346. The number of benzene rings is 1. The molecule has 0 amide bonds. The quantitative estimate of drug-likeness (QED) is 0.887. The Balaban J connectivity index is 2.01. The first-order chi connectivity index (χ1) is 8.31. The van der Waals surface area contributed by atoms with Gasteiger partial charge in [0.15, 0.2) is 0 Å². The Morgan fingerprint density at radius 3 is 2.94 bits per heavy atom. The van der Waals surface area contributed by atoms with E-state index >= 15 is 0 Å². The number of hydrogen-bond acceptors (Lipinski definition) is 3.